The molecule has 2 heteroatoms. The Kier molecular flexibility index (Phi) is 5.52. The summed E-state index contributed by atoms with van der Waals surface area (Å²) in [6, 6.07) is 18.7. The Morgan fingerprint density at radius 2 is 1.56 bits per heavy atom. The highest BCUT2D eigenvalue weighted by Crippen LogP contribution is 2.15. The van der Waals surface area contributed by atoms with Gasteiger partial charge < -0.3 is 4.74 Å². The van der Waals surface area contributed by atoms with E-state index in [0.29, 0.717) is 6.61 Å². The van der Waals surface area contributed by atoms with Crippen molar-refractivity contribution in [1.82, 2.24) is 0 Å². The van der Waals surface area contributed by atoms with E-state index in [2.05, 4.69) is 59.0 Å². The normalized spacial score (nSPS) is 10.3. The maximum atomic E-state index is 5.75. The van der Waals surface area contributed by atoms with Crippen LogP contribution in [-0.2, 0) is 13.0 Å². The van der Waals surface area contributed by atoms with E-state index in [4.69, 9.17) is 4.74 Å². The summed E-state index contributed by atoms with van der Waals surface area (Å²) in [5.41, 5.74) is 2.59. The average molecular weight is 352 g/mol. The van der Waals surface area contributed by atoms with Gasteiger partial charge in [0, 0.05) is 0 Å². The minimum absolute atomic E-state index is 0.633. The number of hydrogen-bond donors (Lipinski definition) is 0. The zero-order valence-electron chi connectivity index (χ0n) is 10.3. The zero-order valence-corrected chi connectivity index (χ0v) is 12.5. The predicted molar refractivity (Wildman–Crippen MR) is 84.4 cm³/mol. The third kappa shape index (κ3) is 4.33. The second-order valence-corrected chi connectivity index (χ2v) is 5.29. The van der Waals surface area contributed by atoms with Gasteiger partial charge >= 0.3 is 0 Å². The van der Waals surface area contributed by atoms with Crippen LogP contribution in [0.5, 0.6) is 5.75 Å². The second kappa shape index (κ2) is 7.41. The Labute approximate surface area is 122 Å². The fourth-order valence-electron chi connectivity index (χ4n) is 1.76. The van der Waals surface area contributed by atoms with Crippen molar-refractivity contribution >= 4 is 22.6 Å². The first-order valence-corrected chi connectivity index (χ1v) is 7.72. The van der Waals surface area contributed by atoms with Crippen LogP contribution in [0.3, 0.4) is 0 Å². The molecule has 1 nitrogen and oxygen atoms in total. The van der Waals surface area contributed by atoms with Crippen LogP contribution in [0.2, 0.25) is 0 Å². The standard InChI is InChI=1S/C16H17IO/c17-12-4-7-14-8-10-16(11-9-14)18-13-15-5-2-1-3-6-15/h1-3,5-6,8-11H,4,7,12-13H2. The Morgan fingerprint density at radius 3 is 2.22 bits per heavy atom. The third-order valence-electron chi connectivity index (χ3n) is 2.77. The number of benzene rings is 2. The van der Waals surface area contributed by atoms with Gasteiger partial charge in [0.2, 0.25) is 0 Å². The van der Waals surface area contributed by atoms with Gasteiger partial charge in [0.1, 0.15) is 12.4 Å². The molecule has 2 rings (SSSR count). The molecular formula is C16H17IO. The van der Waals surface area contributed by atoms with Crippen molar-refractivity contribution in [3.63, 3.8) is 0 Å². The van der Waals surface area contributed by atoms with Crippen molar-refractivity contribution < 1.29 is 4.74 Å². The van der Waals surface area contributed by atoms with E-state index in [1.807, 2.05) is 18.2 Å². The summed E-state index contributed by atoms with van der Waals surface area (Å²) in [4.78, 5) is 0. The fraction of sp³-hybridized carbons (Fsp3) is 0.250. The first kappa shape index (κ1) is 13.4. The molecule has 0 fully saturated rings. The van der Waals surface area contributed by atoms with Crippen LogP contribution >= 0.6 is 22.6 Å². The van der Waals surface area contributed by atoms with Crippen LogP contribution in [0.1, 0.15) is 17.5 Å². The lowest BCUT2D eigenvalue weighted by Crippen LogP contribution is -1.95. The molecule has 0 aliphatic carbocycles. The highest BCUT2D eigenvalue weighted by molar-refractivity contribution is 14.1. The molecule has 0 N–H and O–H groups in total. The van der Waals surface area contributed by atoms with Gasteiger partial charge in [-0.05, 0) is 40.5 Å². The molecule has 0 amide bonds. The van der Waals surface area contributed by atoms with Gasteiger partial charge in [-0.15, -0.1) is 0 Å². The van der Waals surface area contributed by atoms with Crippen molar-refractivity contribution in [3.05, 3.63) is 65.7 Å². The third-order valence-corrected chi connectivity index (χ3v) is 3.53. The number of halogens is 1. The van der Waals surface area contributed by atoms with E-state index in [9.17, 15) is 0 Å². The monoisotopic (exact) mass is 352 g/mol. The van der Waals surface area contributed by atoms with E-state index in [0.717, 1.165) is 12.2 Å². The van der Waals surface area contributed by atoms with Gasteiger partial charge in [0.15, 0.2) is 0 Å². The molecular weight excluding hydrogens is 335 g/mol. The smallest absolute Gasteiger partial charge is 0.119 e. The summed E-state index contributed by atoms with van der Waals surface area (Å²) >= 11 is 2.42. The highest BCUT2D eigenvalue weighted by atomic mass is 127. The summed E-state index contributed by atoms with van der Waals surface area (Å²) in [6.07, 6.45) is 2.40. The average Bonchev–Trinajstić information content (AvgIpc) is 2.45. The number of alkyl halides is 1. The van der Waals surface area contributed by atoms with Gasteiger partial charge in [-0.3, -0.25) is 0 Å². The summed E-state index contributed by atoms with van der Waals surface area (Å²) in [7, 11) is 0. The largest absolute Gasteiger partial charge is 0.489 e. The Balaban J connectivity index is 1.86. The van der Waals surface area contributed by atoms with Crippen LogP contribution in [0.4, 0.5) is 0 Å². The molecule has 2 aromatic rings. The molecule has 2 aromatic carbocycles. The van der Waals surface area contributed by atoms with Crippen LogP contribution in [0.15, 0.2) is 54.6 Å². The highest BCUT2D eigenvalue weighted by Gasteiger charge is 1.97. The molecule has 0 aromatic heterocycles. The van der Waals surface area contributed by atoms with E-state index in [1.165, 1.54) is 22.0 Å². The number of aryl methyl sites for hydroxylation is 1. The molecule has 0 aliphatic heterocycles. The van der Waals surface area contributed by atoms with Crippen molar-refractivity contribution in [2.45, 2.75) is 19.4 Å². The number of rotatable bonds is 6. The SMILES string of the molecule is ICCCc1ccc(OCc2ccccc2)cc1. The van der Waals surface area contributed by atoms with E-state index in [1.54, 1.807) is 0 Å². The summed E-state index contributed by atoms with van der Waals surface area (Å²) in [5.74, 6) is 0.942. The lowest BCUT2D eigenvalue weighted by atomic mass is 10.1. The second-order valence-electron chi connectivity index (χ2n) is 4.21. The molecule has 0 radical (unpaired) electrons. The minimum atomic E-state index is 0.633. The van der Waals surface area contributed by atoms with Crippen LogP contribution in [0, 0.1) is 0 Å². The summed E-state index contributed by atoms with van der Waals surface area (Å²) in [5, 5.41) is 0. The maximum absolute atomic E-state index is 5.75. The molecule has 0 saturated heterocycles. The van der Waals surface area contributed by atoms with Crippen molar-refractivity contribution in [2.75, 3.05) is 4.43 Å². The number of hydrogen-bond acceptors (Lipinski definition) is 1. The molecule has 0 saturated carbocycles. The Morgan fingerprint density at radius 1 is 0.833 bits per heavy atom. The molecule has 0 unspecified atom stereocenters. The minimum Gasteiger partial charge on any atom is -0.489 e. The van der Waals surface area contributed by atoms with E-state index < -0.39 is 0 Å². The zero-order chi connectivity index (χ0) is 12.6. The molecule has 94 valence electrons. The molecule has 0 atom stereocenters. The maximum Gasteiger partial charge on any atom is 0.119 e. The predicted octanol–water partition coefficient (Wildman–Crippen LogP) is 4.63. The lowest BCUT2D eigenvalue weighted by molar-refractivity contribution is 0.306. The van der Waals surface area contributed by atoms with Gasteiger partial charge in [0.25, 0.3) is 0 Å². The van der Waals surface area contributed by atoms with Crippen molar-refractivity contribution in [3.8, 4) is 5.75 Å². The molecule has 0 bridgehead atoms. The Hall–Kier alpha value is -1.03. The first-order chi connectivity index (χ1) is 8.88. The van der Waals surface area contributed by atoms with Crippen molar-refractivity contribution in [2.24, 2.45) is 0 Å². The topological polar surface area (TPSA) is 9.23 Å². The van der Waals surface area contributed by atoms with Gasteiger partial charge in [0.05, 0.1) is 0 Å². The fourth-order valence-corrected chi connectivity index (χ4v) is 2.15. The molecule has 0 spiro atoms. The van der Waals surface area contributed by atoms with E-state index in [-0.39, 0.29) is 0 Å². The number of ether oxygens (including phenoxy) is 1. The molecule has 0 heterocycles. The molecule has 0 aliphatic rings. The Bertz CT molecular complexity index is 450. The van der Waals surface area contributed by atoms with Gasteiger partial charge in [-0.2, -0.15) is 0 Å². The summed E-state index contributed by atoms with van der Waals surface area (Å²) in [6.45, 7) is 0.633. The van der Waals surface area contributed by atoms with Crippen LogP contribution < -0.4 is 4.74 Å². The lowest BCUT2D eigenvalue weighted by Gasteiger charge is -2.07. The summed E-state index contributed by atoms with van der Waals surface area (Å²) < 4.78 is 6.96. The van der Waals surface area contributed by atoms with Crippen LogP contribution in [-0.4, -0.2) is 4.43 Å². The quantitative estimate of drug-likeness (QED) is 0.544. The van der Waals surface area contributed by atoms with Crippen LogP contribution in [0.25, 0.3) is 0 Å². The molecule has 18 heavy (non-hydrogen) atoms. The van der Waals surface area contributed by atoms with Gasteiger partial charge in [-0.25, -0.2) is 0 Å². The van der Waals surface area contributed by atoms with Crippen molar-refractivity contribution in [1.29, 1.82) is 0 Å². The van der Waals surface area contributed by atoms with E-state index >= 15 is 0 Å². The van der Waals surface area contributed by atoms with Gasteiger partial charge in [-0.1, -0.05) is 65.1 Å². The first-order valence-electron chi connectivity index (χ1n) is 6.20.